The molecular weight excluding hydrogens is 400 g/mol. The molecule has 8 heteroatoms. The first kappa shape index (κ1) is 20.1. The Morgan fingerprint density at radius 1 is 0.938 bits per heavy atom. The van der Waals surface area contributed by atoms with Crippen molar-refractivity contribution in [2.75, 3.05) is 43.4 Å². The lowest BCUT2D eigenvalue weighted by Crippen LogP contribution is -2.44. The van der Waals surface area contributed by atoms with Crippen molar-refractivity contribution in [2.24, 2.45) is 7.05 Å². The van der Waals surface area contributed by atoms with Crippen LogP contribution in [0.1, 0.15) is 5.56 Å². The summed E-state index contributed by atoms with van der Waals surface area (Å²) in [5.74, 6) is 1.71. The monoisotopic (exact) mass is 426 g/mol. The fourth-order valence-corrected chi connectivity index (χ4v) is 3.87. The third-order valence-corrected chi connectivity index (χ3v) is 5.81. The van der Waals surface area contributed by atoms with Crippen molar-refractivity contribution in [3.63, 3.8) is 0 Å². The molecule has 0 spiro atoms. The van der Waals surface area contributed by atoms with Crippen LogP contribution in [0, 0.1) is 0 Å². The van der Waals surface area contributed by atoms with E-state index in [1.54, 1.807) is 10.9 Å². The van der Waals surface area contributed by atoms with Crippen LogP contribution < -0.4 is 10.2 Å². The van der Waals surface area contributed by atoms with Crippen molar-refractivity contribution in [1.82, 2.24) is 29.6 Å². The number of fused-ring (bicyclic) bond motifs is 1. The lowest BCUT2D eigenvalue weighted by Gasteiger charge is -2.33. The summed E-state index contributed by atoms with van der Waals surface area (Å²) >= 11 is 0. The highest BCUT2D eigenvalue weighted by molar-refractivity contribution is 5.86. The molecule has 1 aliphatic heterocycles. The summed E-state index contributed by atoms with van der Waals surface area (Å²) in [6.45, 7) is 8.27. The smallest absolute Gasteiger partial charge is 0.131 e. The number of pyridine rings is 3. The molecule has 0 saturated carbocycles. The maximum Gasteiger partial charge on any atom is 0.131 e. The van der Waals surface area contributed by atoms with Crippen LogP contribution in [0.25, 0.3) is 27.7 Å². The molecule has 1 aliphatic rings. The summed E-state index contributed by atoms with van der Waals surface area (Å²) in [6, 6.07) is 8.16. The molecule has 1 saturated heterocycles. The lowest BCUT2D eigenvalue weighted by atomic mass is 10.1. The van der Waals surface area contributed by atoms with E-state index in [9.17, 15) is 0 Å². The van der Waals surface area contributed by atoms with Crippen LogP contribution >= 0.6 is 0 Å². The Balaban J connectivity index is 1.36. The average molecular weight is 427 g/mol. The Labute approximate surface area is 187 Å². The third kappa shape index (κ3) is 4.17. The van der Waals surface area contributed by atoms with Gasteiger partial charge in [-0.3, -0.25) is 9.67 Å². The first-order chi connectivity index (χ1) is 15.5. The minimum atomic E-state index is 0.727. The van der Waals surface area contributed by atoms with Crippen LogP contribution in [-0.4, -0.2) is 62.9 Å². The van der Waals surface area contributed by atoms with E-state index >= 15 is 0 Å². The number of likely N-dealkylation sites (N-methyl/N-ethyl adjacent to an activating group) is 1. The van der Waals surface area contributed by atoms with E-state index in [0.717, 1.165) is 71.1 Å². The van der Waals surface area contributed by atoms with Gasteiger partial charge in [0.25, 0.3) is 0 Å². The number of anilines is 2. The minimum absolute atomic E-state index is 0.727. The van der Waals surface area contributed by atoms with Crippen molar-refractivity contribution in [1.29, 1.82) is 0 Å². The molecule has 5 rings (SSSR count). The van der Waals surface area contributed by atoms with Gasteiger partial charge < -0.3 is 15.1 Å². The Bertz CT molecular complexity index is 1270. The molecule has 0 amide bonds. The lowest BCUT2D eigenvalue weighted by molar-refractivity contribution is 0.312. The van der Waals surface area contributed by atoms with Crippen molar-refractivity contribution in [3.8, 4) is 11.1 Å². The van der Waals surface area contributed by atoms with Gasteiger partial charge in [-0.15, -0.1) is 0 Å². The summed E-state index contributed by atoms with van der Waals surface area (Å²) in [5.41, 5.74) is 4.68. The summed E-state index contributed by atoms with van der Waals surface area (Å²) in [4.78, 5) is 18.3. The maximum atomic E-state index is 4.57. The van der Waals surface area contributed by atoms with Gasteiger partial charge in [0.2, 0.25) is 0 Å². The number of aromatic nitrogens is 5. The summed E-state index contributed by atoms with van der Waals surface area (Å²) in [6.07, 6.45) is 9.29. The van der Waals surface area contributed by atoms with E-state index in [1.165, 1.54) is 0 Å². The van der Waals surface area contributed by atoms with Crippen LogP contribution in [-0.2, 0) is 7.05 Å². The highest BCUT2D eigenvalue weighted by Gasteiger charge is 2.16. The zero-order valence-electron chi connectivity index (χ0n) is 18.4. The first-order valence-electron chi connectivity index (χ1n) is 10.7. The topological polar surface area (TPSA) is 75.0 Å². The van der Waals surface area contributed by atoms with Gasteiger partial charge in [-0.1, -0.05) is 6.58 Å². The van der Waals surface area contributed by atoms with Gasteiger partial charge in [0, 0.05) is 79.6 Å². The van der Waals surface area contributed by atoms with E-state index in [-0.39, 0.29) is 0 Å². The molecule has 4 aromatic rings. The van der Waals surface area contributed by atoms with Gasteiger partial charge in [-0.05, 0) is 31.3 Å². The molecule has 5 heterocycles. The molecule has 0 bridgehead atoms. The maximum absolute atomic E-state index is 4.57. The van der Waals surface area contributed by atoms with E-state index in [1.807, 2.05) is 44.0 Å². The second-order valence-corrected chi connectivity index (χ2v) is 8.19. The largest absolute Gasteiger partial charge is 0.354 e. The highest BCUT2D eigenvalue weighted by atomic mass is 15.3. The summed E-state index contributed by atoms with van der Waals surface area (Å²) < 4.78 is 1.79. The Hall–Kier alpha value is -3.78. The highest BCUT2D eigenvalue weighted by Crippen LogP contribution is 2.25. The summed E-state index contributed by atoms with van der Waals surface area (Å²) in [7, 11) is 4.06. The predicted octanol–water partition coefficient (Wildman–Crippen LogP) is 3.26. The second kappa shape index (κ2) is 8.39. The van der Waals surface area contributed by atoms with Crippen LogP contribution in [0.5, 0.6) is 0 Å². The molecule has 4 aromatic heterocycles. The average Bonchev–Trinajstić information content (AvgIpc) is 3.25. The van der Waals surface area contributed by atoms with Gasteiger partial charge in [0.15, 0.2) is 0 Å². The molecule has 1 N–H and O–H groups in total. The number of nitrogens with one attached hydrogen (secondary N) is 1. The van der Waals surface area contributed by atoms with E-state index in [4.69, 9.17) is 0 Å². The fourth-order valence-electron chi connectivity index (χ4n) is 3.87. The minimum Gasteiger partial charge on any atom is -0.354 e. The number of piperazine rings is 1. The number of nitrogens with zero attached hydrogens (tertiary/aromatic N) is 7. The van der Waals surface area contributed by atoms with Gasteiger partial charge >= 0.3 is 0 Å². The molecule has 0 atom stereocenters. The predicted molar refractivity (Wildman–Crippen MR) is 128 cm³/mol. The molecule has 0 aromatic carbocycles. The third-order valence-electron chi connectivity index (χ3n) is 5.81. The number of rotatable bonds is 5. The molecule has 0 unspecified atom stereocenters. The molecule has 0 aliphatic carbocycles. The quantitative estimate of drug-likeness (QED) is 0.525. The molecular formula is C24H26N8. The molecule has 0 radical (unpaired) electrons. The van der Waals surface area contributed by atoms with Crippen LogP contribution in [0.3, 0.4) is 0 Å². The standard InChI is InChI=1S/C24H26N8/c1-17(18-4-5-25-24(12-18)32-8-6-30(2)7-9-32)29-23-11-19-10-20(13-26-22(19)15-27-23)21-14-28-31(3)16-21/h4-5,10-16H,1,6-9H2,2-3H3,(H,27,29). The summed E-state index contributed by atoms with van der Waals surface area (Å²) in [5, 5.41) is 8.60. The van der Waals surface area contributed by atoms with Crippen LogP contribution in [0.15, 0.2) is 61.8 Å². The first-order valence-corrected chi connectivity index (χ1v) is 10.7. The number of hydrogen-bond acceptors (Lipinski definition) is 7. The van der Waals surface area contributed by atoms with Crippen LogP contribution in [0.4, 0.5) is 11.6 Å². The van der Waals surface area contributed by atoms with Gasteiger partial charge in [0.1, 0.15) is 11.6 Å². The Morgan fingerprint density at radius 3 is 2.56 bits per heavy atom. The van der Waals surface area contributed by atoms with E-state index in [0.29, 0.717) is 0 Å². The van der Waals surface area contributed by atoms with E-state index in [2.05, 4.69) is 60.9 Å². The number of aryl methyl sites for hydroxylation is 1. The zero-order chi connectivity index (χ0) is 22.1. The van der Waals surface area contributed by atoms with Gasteiger partial charge in [0.05, 0.1) is 17.9 Å². The fraction of sp³-hybridized carbons (Fsp3) is 0.250. The SMILES string of the molecule is C=C(Nc1cc2cc(-c3cnn(C)c3)cnc2cn1)c1ccnc(N2CCN(C)CC2)c1. The Morgan fingerprint density at radius 2 is 1.78 bits per heavy atom. The van der Waals surface area contributed by atoms with Gasteiger partial charge in [-0.2, -0.15) is 5.10 Å². The second-order valence-electron chi connectivity index (χ2n) is 8.19. The Kier molecular flexibility index (Phi) is 5.28. The van der Waals surface area contributed by atoms with E-state index < -0.39 is 0 Å². The van der Waals surface area contributed by atoms with Crippen LogP contribution in [0.2, 0.25) is 0 Å². The van der Waals surface area contributed by atoms with Crippen molar-refractivity contribution < 1.29 is 0 Å². The normalized spacial score (nSPS) is 14.6. The number of hydrogen-bond donors (Lipinski definition) is 1. The van der Waals surface area contributed by atoms with Gasteiger partial charge in [-0.25, -0.2) is 9.97 Å². The molecule has 8 nitrogen and oxygen atoms in total. The van der Waals surface area contributed by atoms with Crippen molar-refractivity contribution >= 4 is 28.2 Å². The molecule has 162 valence electrons. The zero-order valence-corrected chi connectivity index (χ0v) is 18.4. The molecule has 32 heavy (non-hydrogen) atoms. The van der Waals surface area contributed by atoms with Crippen molar-refractivity contribution in [3.05, 3.63) is 67.4 Å². The van der Waals surface area contributed by atoms with Crippen molar-refractivity contribution in [2.45, 2.75) is 0 Å². The molecule has 1 fully saturated rings.